The first-order chi connectivity index (χ1) is 5.97. The van der Waals surface area contributed by atoms with E-state index in [2.05, 4.69) is 0 Å². The molecule has 1 aliphatic rings. The predicted octanol–water partition coefficient (Wildman–Crippen LogP) is -0.462. The van der Waals surface area contributed by atoms with E-state index in [-0.39, 0.29) is 6.61 Å². The zero-order valence-corrected chi connectivity index (χ0v) is 7.49. The van der Waals surface area contributed by atoms with Crippen molar-refractivity contribution in [1.29, 1.82) is 0 Å². The number of carbonyl (C=O) groups excluding carboxylic acids is 2. The van der Waals surface area contributed by atoms with Crippen molar-refractivity contribution in [3.05, 3.63) is 0 Å². The van der Waals surface area contributed by atoms with Crippen LogP contribution in [-0.4, -0.2) is 24.8 Å². The second kappa shape index (κ2) is 3.21. The van der Waals surface area contributed by atoms with Crippen molar-refractivity contribution in [2.24, 2.45) is 11.3 Å². The van der Waals surface area contributed by atoms with E-state index in [0.717, 1.165) is 0 Å². The maximum absolute atomic E-state index is 11.1. The Bertz CT molecular complexity index is 239. The molecule has 0 aromatic rings. The molecule has 3 N–H and O–H groups in total. The number of hydrogen-bond donors (Lipinski definition) is 2. The van der Waals surface area contributed by atoms with Crippen molar-refractivity contribution in [3.8, 4) is 0 Å². The Morgan fingerprint density at radius 1 is 1.77 bits per heavy atom. The van der Waals surface area contributed by atoms with Gasteiger partial charge in [-0.2, -0.15) is 0 Å². The number of nitrogens with one attached hydrogen (secondary N) is 1. The van der Waals surface area contributed by atoms with E-state index in [9.17, 15) is 9.59 Å². The summed E-state index contributed by atoms with van der Waals surface area (Å²) in [7, 11) is 0. The molecule has 1 atom stereocenters. The highest BCUT2D eigenvalue weighted by Crippen LogP contribution is 2.30. The first-order valence-electron chi connectivity index (χ1n) is 3.81. The van der Waals surface area contributed by atoms with Gasteiger partial charge in [0.25, 0.3) is 0 Å². The zero-order valence-electron chi connectivity index (χ0n) is 7.49. The minimum absolute atomic E-state index is 0.244. The van der Waals surface area contributed by atoms with E-state index in [0.29, 0.717) is 0 Å². The molecule has 74 valence electrons. The summed E-state index contributed by atoms with van der Waals surface area (Å²) >= 11 is 0. The van der Waals surface area contributed by atoms with Gasteiger partial charge in [-0.1, -0.05) is 13.8 Å². The van der Waals surface area contributed by atoms with Crippen LogP contribution >= 0.6 is 0 Å². The molecule has 0 unspecified atom stereocenters. The molecule has 0 radical (unpaired) electrons. The largest absolute Gasteiger partial charge is 0.462 e. The van der Waals surface area contributed by atoms with Crippen LogP contribution < -0.4 is 11.3 Å². The van der Waals surface area contributed by atoms with Crippen molar-refractivity contribution >= 4 is 12.1 Å². The van der Waals surface area contributed by atoms with Gasteiger partial charge in [0.1, 0.15) is 6.61 Å². The standard InChI is InChI=1S/C7H12N2O4/c1-7(2)3-12-5(10)4(7)13-6(11)9-8/h4H,3,8H2,1-2H3,(H,9,11)/t4-/m0/s1. The van der Waals surface area contributed by atoms with E-state index < -0.39 is 23.6 Å². The lowest BCUT2D eigenvalue weighted by atomic mass is 9.90. The van der Waals surface area contributed by atoms with Gasteiger partial charge >= 0.3 is 12.1 Å². The molecule has 1 rings (SSSR count). The number of hydrazine groups is 1. The topological polar surface area (TPSA) is 90.6 Å². The summed E-state index contributed by atoms with van der Waals surface area (Å²) in [5.74, 6) is 4.27. The highest BCUT2D eigenvalue weighted by Gasteiger charge is 2.46. The molecule has 0 aliphatic carbocycles. The number of hydrogen-bond acceptors (Lipinski definition) is 5. The van der Waals surface area contributed by atoms with Crippen LogP contribution in [0.2, 0.25) is 0 Å². The van der Waals surface area contributed by atoms with Crippen LogP contribution in [0, 0.1) is 5.41 Å². The minimum Gasteiger partial charge on any atom is -0.462 e. The van der Waals surface area contributed by atoms with Crippen LogP contribution in [0.15, 0.2) is 0 Å². The number of rotatable bonds is 1. The summed E-state index contributed by atoms with van der Waals surface area (Å²) in [5.41, 5.74) is 1.28. The molecule has 1 saturated heterocycles. The van der Waals surface area contributed by atoms with Gasteiger partial charge < -0.3 is 9.47 Å². The quantitative estimate of drug-likeness (QED) is 0.251. The summed E-state index contributed by atoms with van der Waals surface area (Å²) in [6.45, 7) is 3.78. The van der Waals surface area contributed by atoms with Gasteiger partial charge in [0, 0.05) is 5.41 Å². The van der Waals surface area contributed by atoms with Crippen LogP contribution in [0.5, 0.6) is 0 Å². The van der Waals surface area contributed by atoms with Crippen molar-refractivity contribution in [3.63, 3.8) is 0 Å². The number of amides is 1. The van der Waals surface area contributed by atoms with Gasteiger partial charge in [0.2, 0.25) is 6.10 Å². The maximum atomic E-state index is 11.1. The Morgan fingerprint density at radius 2 is 2.38 bits per heavy atom. The molecular formula is C7H12N2O4. The van der Waals surface area contributed by atoms with E-state index >= 15 is 0 Å². The third-order valence-corrected chi connectivity index (χ3v) is 1.85. The van der Waals surface area contributed by atoms with Gasteiger partial charge in [-0.3, -0.25) is 5.43 Å². The fourth-order valence-corrected chi connectivity index (χ4v) is 1.08. The fourth-order valence-electron chi connectivity index (χ4n) is 1.08. The molecule has 0 bridgehead atoms. The number of nitrogens with two attached hydrogens (primary N) is 1. The minimum atomic E-state index is -0.879. The van der Waals surface area contributed by atoms with Crippen LogP contribution in [0.3, 0.4) is 0 Å². The second-order valence-electron chi connectivity index (χ2n) is 3.53. The zero-order chi connectivity index (χ0) is 10.1. The van der Waals surface area contributed by atoms with Crippen LogP contribution in [-0.2, 0) is 14.3 Å². The van der Waals surface area contributed by atoms with Gasteiger partial charge in [-0.25, -0.2) is 15.4 Å². The predicted molar refractivity (Wildman–Crippen MR) is 42.3 cm³/mol. The second-order valence-corrected chi connectivity index (χ2v) is 3.53. The van der Waals surface area contributed by atoms with E-state index in [4.69, 9.17) is 15.3 Å². The van der Waals surface area contributed by atoms with Crippen molar-refractivity contribution in [2.75, 3.05) is 6.61 Å². The Hall–Kier alpha value is -1.30. The third kappa shape index (κ3) is 1.89. The summed E-state index contributed by atoms with van der Waals surface area (Å²) in [6.07, 6.45) is -1.71. The van der Waals surface area contributed by atoms with Crippen LogP contribution in [0.4, 0.5) is 4.79 Å². The molecule has 0 aromatic carbocycles. The van der Waals surface area contributed by atoms with Gasteiger partial charge in [-0.05, 0) is 0 Å². The fraction of sp³-hybridized carbons (Fsp3) is 0.714. The van der Waals surface area contributed by atoms with Crippen molar-refractivity contribution in [1.82, 2.24) is 5.43 Å². The van der Waals surface area contributed by atoms with E-state index in [1.54, 1.807) is 19.3 Å². The van der Waals surface area contributed by atoms with Gasteiger partial charge in [0.15, 0.2) is 0 Å². The lowest BCUT2D eigenvalue weighted by Crippen LogP contribution is -2.40. The Labute approximate surface area is 75.3 Å². The SMILES string of the molecule is CC1(C)COC(=O)[C@@H]1OC(=O)NN. The molecule has 0 aromatic heterocycles. The van der Waals surface area contributed by atoms with Crippen molar-refractivity contribution in [2.45, 2.75) is 20.0 Å². The van der Waals surface area contributed by atoms with Crippen LogP contribution in [0.25, 0.3) is 0 Å². The average Bonchev–Trinajstić information content (AvgIpc) is 2.31. The molecule has 13 heavy (non-hydrogen) atoms. The third-order valence-electron chi connectivity index (χ3n) is 1.85. The van der Waals surface area contributed by atoms with Crippen molar-refractivity contribution < 1.29 is 19.1 Å². The average molecular weight is 188 g/mol. The number of esters is 1. The summed E-state index contributed by atoms with van der Waals surface area (Å²) < 4.78 is 9.48. The number of ether oxygens (including phenoxy) is 2. The normalized spacial score (nSPS) is 25.2. The highest BCUT2D eigenvalue weighted by molar-refractivity contribution is 5.81. The summed E-state index contributed by atoms with van der Waals surface area (Å²) in [4.78, 5) is 21.8. The lowest BCUT2D eigenvalue weighted by Gasteiger charge is -2.20. The Balaban J connectivity index is 2.66. The van der Waals surface area contributed by atoms with Gasteiger partial charge in [-0.15, -0.1) is 0 Å². The van der Waals surface area contributed by atoms with E-state index in [1.807, 2.05) is 0 Å². The molecular weight excluding hydrogens is 176 g/mol. The Morgan fingerprint density at radius 3 is 2.77 bits per heavy atom. The maximum Gasteiger partial charge on any atom is 0.422 e. The number of cyclic esters (lactones) is 1. The molecule has 1 aliphatic heterocycles. The Kier molecular flexibility index (Phi) is 2.42. The number of carbonyl (C=O) groups is 2. The first-order valence-corrected chi connectivity index (χ1v) is 3.81. The molecule has 1 amide bonds. The first kappa shape index (κ1) is 9.79. The monoisotopic (exact) mass is 188 g/mol. The molecule has 0 spiro atoms. The molecule has 6 heteroatoms. The molecule has 1 fully saturated rings. The molecule has 0 saturated carbocycles. The van der Waals surface area contributed by atoms with E-state index in [1.165, 1.54) is 0 Å². The highest BCUT2D eigenvalue weighted by atomic mass is 16.6. The molecule has 6 nitrogen and oxygen atoms in total. The summed E-state index contributed by atoms with van der Waals surface area (Å²) in [5, 5.41) is 0. The molecule has 1 heterocycles. The lowest BCUT2D eigenvalue weighted by molar-refractivity contribution is -0.145. The summed E-state index contributed by atoms with van der Waals surface area (Å²) in [6, 6.07) is 0. The van der Waals surface area contributed by atoms with Crippen LogP contribution in [0.1, 0.15) is 13.8 Å². The van der Waals surface area contributed by atoms with Gasteiger partial charge in [0.05, 0.1) is 0 Å². The smallest absolute Gasteiger partial charge is 0.422 e.